The van der Waals surface area contributed by atoms with Crippen LogP contribution in [-0.2, 0) is 12.8 Å². The van der Waals surface area contributed by atoms with Gasteiger partial charge in [-0.05, 0) is 76.0 Å². The maximum Gasteiger partial charge on any atom is 0.225 e. The first-order chi connectivity index (χ1) is 17.0. The van der Waals surface area contributed by atoms with Crippen molar-refractivity contribution in [1.29, 1.82) is 5.26 Å². The van der Waals surface area contributed by atoms with Crippen LogP contribution in [0.3, 0.4) is 0 Å². The van der Waals surface area contributed by atoms with Gasteiger partial charge in [0.1, 0.15) is 5.82 Å². The molecule has 1 aromatic carbocycles. The summed E-state index contributed by atoms with van der Waals surface area (Å²) >= 11 is 0. The standard InChI is InChI=1S/C28H41N7/c1-21-8-6-9-24(20-21)35(18-7-16-29)19-17-30-22-12-14-23(15-13-22)31-28-32-26-11-5-4-10-25(26)27(33-28)34(2)3/h6,8-9,20,22-23,30H,4-5,7,10-15,17-19H2,1-3H3,(H,31,32,33)/t22-,23+. The molecule has 1 fully saturated rings. The van der Waals surface area contributed by atoms with Gasteiger partial charge < -0.3 is 20.4 Å². The zero-order chi connectivity index (χ0) is 24.6. The molecule has 4 rings (SSSR count). The zero-order valence-corrected chi connectivity index (χ0v) is 21.7. The Hall–Kier alpha value is -2.85. The molecule has 188 valence electrons. The smallest absolute Gasteiger partial charge is 0.225 e. The number of rotatable bonds is 10. The van der Waals surface area contributed by atoms with Crippen molar-refractivity contribution in [1.82, 2.24) is 15.3 Å². The minimum Gasteiger partial charge on any atom is -0.369 e. The van der Waals surface area contributed by atoms with E-state index in [9.17, 15) is 0 Å². The van der Waals surface area contributed by atoms with Gasteiger partial charge in [-0.2, -0.15) is 10.2 Å². The number of hydrogen-bond acceptors (Lipinski definition) is 7. The van der Waals surface area contributed by atoms with Crippen molar-refractivity contribution >= 4 is 17.5 Å². The Bertz CT molecular complexity index is 1000. The highest BCUT2D eigenvalue weighted by Crippen LogP contribution is 2.29. The van der Waals surface area contributed by atoms with E-state index in [4.69, 9.17) is 15.2 Å². The molecule has 2 aliphatic rings. The van der Waals surface area contributed by atoms with E-state index >= 15 is 0 Å². The summed E-state index contributed by atoms with van der Waals surface area (Å²) in [7, 11) is 4.16. The van der Waals surface area contributed by atoms with Crippen LogP contribution >= 0.6 is 0 Å². The molecule has 0 aliphatic heterocycles. The molecule has 35 heavy (non-hydrogen) atoms. The normalized spacial score (nSPS) is 19.5. The van der Waals surface area contributed by atoms with E-state index in [-0.39, 0.29) is 0 Å². The van der Waals surface area contributed by atoms with Crippen molar-refractivity contribution < 1.29 is 0 Å². The molecular formula is C28H41N7. The van der Waals surface area contributed by atoms with E-state index in [1.54, 1.807) is 0 Å². The number of anilines is 3. The molecule has 7 nitrogen and oxygen atoms in total. The molecule has 2 N–H and O–H groups in total. The number of aryl methyl sites for hydroxylation is 2. The summed E-state index contributed by atoms with van der Waals surface area (Å²) < 4.78 is 0. The summed E-state index contributed by atoms with van der Waals surface area (Å²) in [4.78, 5) is 14.3. The predicted molar refractivity (Wildman–Crippen MR) is 144 cm³/mol. The van der Waals surface area contributed by atoms with Gasteiger partial charge in [-0.1, -0.05) is 12.1 Å². The van der Waals surface area contributed by atoms with Gasteiger partial charge in [-0.15, -0.1) is 0 Å². The molecule has 0 bridgehead atoms. The number of hydrogen-bond donors (Lipinski definition) is 2. The Labute approximate surface area is 210 Å². The lowest BCUT2D eigenvalue weighted by Crippen LogP contribution is -2.41. The Morgan fingerprint density at radius 3 is 2.54 bits per heavy atom. The number of nitrogens with one attached hydrogen (secondary N) is 2. The van der Waals surface area contributed by atoms with E-state index in [0.717, 1.165) is 69.9 Å². The molecule has 0 unspecified atom stereocenters. The lowest BCUT2D eigenvalue weighted by atomic mass is 9.91. The van der Waals surface area contributed by atoms with Crippen molar-refractivity contribution in [2.24, 2.45) is 0 Å². The van der Waals surface area contributed by atoms with E-state index < -0.39 is 0 Å². The second-order valence-electron chi connectivity index (χ2n) is 10.3. The largest absolute Gasteiger partial charge is 0.369 e. The zero-order valence-electron chi connectivity index (χ0n) is 21.7. The van der Waals surface area contributed by atoms with Gasteiger partial charge >= 0.3 is 0 Å². The van der Waals surface area contributed by atoms with E-state index in [0.29, 0.717) is 18.5 Å². The number of benzene rings is 1. The van der Waals surface area contributed by atoms with Crippen LogP contribution in [0.2, 0.25) is 0 Å². The van der Waals surface area contributed by atoms with E-state index in [2.05, 4.69) is 71.8 Å². The maximum absolute atomic E-state index is 9.07. The quantitative estimate of drug-likeness (QED) is 0.525. The average Bonchev–Trinajstić information content (AvgIpc) is 2.86. The van der Waals surface area contributed by atoms with Gasteiger partial charge in [0.15, 0.2) is 0 Å². The number of nitrogens with zero attached hydrogens (tertiary/aromatic N) is 5. The van der Waals surface area contributed by atoms with Crippen LogP contribution in [0.1, 0.15) is 61.8 Å². The fourth-order valence-corrected chi connectivity index (χ4v) is 5.42. The van der Waals surface area contributed by atoms with Gasteiger partial charge in [0, 0.05) is 57.1 Å². The number of nitriles is 1. The van der Waals surface area contributed by atoms with Crippen molar-refractivity contribution in [2.45, 2.75) is 76.8 Å². The lowest BCUT2D eigenvalue weighted by Gasteiger charge is -2.31. The highest BCUT2D eigenvalue weighted by molar-refractivity contribution is 5.53. The fraction of sp³-hybridized carbons (Fsp3) is 0.607. The van der Waals surface area contributed by atoms with Crippen LogP contribution < -0.4 is 20.4 Å². The van der Waals surface area contributed by atoms with Crippen molar-refractivity contribution in [3.8, 4) is 6.07 Å². The first-order valence-corrected chi connectivity index (χ1v) is 13.3. The van der Waals surface area contributed by atoms with Crippen LogP contribution in [0.15, 0.2) is 24.3 Å². The van der Waals surface area contributed by atoms with Crippen molar-refractivity contribution in [3.05, 3.63) is 41.1 Å². The van der Waals surface area contributed by atoms with Gasteiger partial charge in [-0.25, -0.2) is 4.98 Å². The minimum atomic E-state index is 0.434. The average molecular weight is 476 g/mol. The summed E-state index contributed by atoms with van der Waals surface area (Å²) in [6.45, 7) is 4.74. The highest BCUT2D eigenvalue weighted by Gasteiger charge is 2.24. The molecular weight excluding hydrogens is 434 g/mol. The van der Waals surface area contributed by atoms with Crippen LogP contribution in [0.5, 0.6) is 0 Å². The molecule has 1 heterocycles. The third kappa shape index (κ3) is 6.85. The summed E-state index contributed by atoms with van der Waals surface area (Å²) in [5, 5.41) is 16.5. The summed E-state index contributed by atoms with van der Waals surface area (Å²) in [6, 6.07) is 11.8. The third-order valence-corrected chi connectivity index (χ3v) is 7.32. The summed E-state index contributed by atoms with van der Waals surface area (Å²) in [5.74, 6) is 1.89. The van der Waals surface area contributed by atoms with Crippen LogP contribution in [0.25, 0.3) is 0 Å². The third-order valence-electron chi connectivity index (χ3n) is 7.32. The molecule has 0 spiro atoms. The van der Waals surface area contributed by atoms with Gasteiger partial charge in [-0.3, -0.25) is 0 Å². The molecule has 0 atom stereocenters. The SMILES string of the molecule is Cc1cccc(N(CCC#N)CCN[C@H]2CC[C@@H](Nc3nc4c(c(N(C)C)n3)CCCC4)CC2)c1. The van der Waals surface area contributed by atoms with Crippen LogP contribution in [0.4, 0.5) is 17.5 Å². The molecule has 2 aromatic rings. The Kier molecular flexibility index (Phi) is 8.81. The molecule has 0 saturated heterocycles. The molecule has 0 amide bonds. The lowest BCUT2D eigenvalue weighted by molar-refractivity contribution is 0.355. The molecule has 2 aliphatic carbocycles. The monoisotopic (exact) mass is 475 g/mol. The predicted octanol–water partition coefficient (Wildman–Crippen LogP) is 4.46. The Morgan fingerprint density at radius 2 is 1.80 bits per heavy atom. The number of aromatic nitrogens is 2. The molecule has 7 heteroatoms. The topological polar surface area (TPSA) is 80.1 Å². The van der Waals surface area contributed by atoms with Gasteiger partial charge in [0.05, 0.1) is 18.2 Å². The van der Waals surface area contributed by atoms with Crippen molar-refractivity contribution in [3.63, 3.8) is 0 Å². The van der Waals surface area contributed by atoms with Gasteiger partial charge in [0.2, 0.25) is 5.95 Å². The molecule has 0 radical (unpaired) electrons. The van der Waals surface area contributed by atoms with Crippen molar-refractivity contribution in [2.75, 3.05) is 48.8 Å². The minimum absolute atomic E-state index is 0.434. The fourth-order valence-electron chi connectivity index (χ4n) is 5.42. The first-order valence-electron chi connectivity index (χ1n) is 13.3. The Morgan fingerprint density at radius 1 is 1.03 bits per heavy atom. The summed E-state index contributed by atoms with van der Waals surface area (Å²) in [6.07, 6.45) is 9.75. The maximum atomic E-state index is 9.07. The van der Waals surface area contributed by atoms with Crippen LogP contribution in [0, 0.1) is 18.3 Å². The first kappa shape index (κ1) is 25.2. The van der Waals surface area contributed by atoms with Crippen LogP contribution in [-0.4, -0.2) is 55.8 Å². The second kappa shape index (κ2) is 12.2. The molecule has 1 saturated carbocycles. The van der Waals surface area contributed by atoms with E-state index in [1.165, 1.54) is 35.3 Å². The molecule has 1 aromatic heterocycles. The second-order valence-corrected chi connectivity index (χ2v) is 10.3. The van der Waals surface area contributed by atoms with E-state index in [1.807, 2.05) is 0 Å². The summed E-state index contributed by atoms with van der Waals surface area (Å²) in [5.41, 5.74) is 5.04. The number of fused-ring (bicyclic) bond motifs is 1. The highest BCUT2D eigenvalue weighted by atomic mass is 15.2. The Balaban J connectivity index is 1.26. The van der Waals surface area contributed by atoms with Gasteiger partial charge in [0.25, 0.3) is 0 Å².